The molecular weight excluding hydrogens is 373 g/mol. The Bertz CT molecular complexity index is 976. The quantitative estimate of drug-likeness (QED) is 0.565. The van der Waals surface area contributed by atoms with Crippen LogP contribution in [0.25, 0.3) is 16.8 Å². The Kier molecular flexibility index (Phi) is 5.21. The van der Waals surface area contributed by atoms with E-state index in [1.807, 2.05) is 20.8 Å². The molecule has 0 saturated heterocycles. The fourth-order valence-electron chi connectivity index (χ4n) is 2.90. The maximum atomic E-state index is 12.3. The maximum absolute atomic E-state index is 12.3. The van der Waals surface area contributed by atoms with E-state index in [4.69, 9.17) is 27.9 Å². The molecule has 2 heterocycles. The van der Waals surface area contributed by atoms with Crippen LogP contribution in [0.1, 0.15) is 48.6 Å². The van der Waals surface area contributed by atoms with Crippen molar-refractivity contribution >= 4 is 34.8 Å². The first-order chi connectivity index (χ1) is 12.3. The number of hydrogen-bond acceptors (Lipinski definition) is 4. The summed E-state index contributed by atoms with van der Waals surface area (Å²) in [5.41, 5.74) is 3.74. The van der Waals surface area contributed by atoms with Crippen LogP contribution in [-0.4, -0.2) is 27.2 Å². The summed E-state index contributed by atoms with van der Waals surface area (Å²) in [6.07, 6.45) is 0. The van der Waals surface area contributed by atoms with Gasteiger partial charge in [0, 0.05) is 11.3 Å². The fourth-order valence-corrected chi connectivity index (χ4v) is 3.48. The average Bonchev–Trinajstić information content (AvgIpc) is 2.90. The van der Waals surface area contributed by atoms with Crippen molar-refractivity contribution in [2.75, 3.05) is 6.61 Å². The second-order valence-electron chi connectivity index (χ2n) is 6.23. The number of carbonyl (C=O) groups is 1. The normalized spacial score (nSPS) is 11.3. The van der Waals surface area contributed by atoms with Crippen molar-refractivity contribution in [2.45, 2.75) is 33.6 Å². The van der Waals surface area contributed by atoms with Crippen LogP contribution in [0.4, 0.5) is 0 Å². The average molecular weight is 392 g/mol. The van der Waals surface area contributed by atoms with Gasteiger partial charge in [-0.15, -0.1) is 0 Å². The number of esters is 1. The van der Waals surface area contributed by atoms with Gasteiger partial charge in [-0.1, -0.05) is 43.1 Å². The topological polar surface area (TPSA) is 56.5 Å². The molecule has 0 aliphatic rings. The SMILES string of the molecule is CCOC(=O)c1cc(C(C)C)n2nc(C)c(-c3c(Cl)cccc3Cl)c2n1. The molecule has 0 saturated carbocycles. The minimum atomic E-state index is -0.466. The molecule has 0 amide bonds. The third-order valence-electron chi connectivity index (χ3n) is 4.08. The van der Waals surface area contributed by atoms with Gasteiger partial charge < -0.3 is 4.74 Å². The third kappa shape index (κ3) is 3.17. The molecule has 26 heavy (non-hydrogen) atoms. The van der Waals surface area contributed by atoms with Crippen LogP contribution in [0.5, 0.6) is 0 Å². The molecule has 0 aliphatic heterocycles. The van der Waals surface area contributed by atoms with Crippen molar-refractivity contribution in [3.05, 3.63) is 51.4 Å². The summed E-state index contributed by atoms with van der Waals surface area (Å²) in [6.45, 7) is 7.98. The molecule has 5 nitrogen and oxygen atoms in total. The fraction of sp³-hybridized carbons (Fsp3) is 0.316. The van der Waals surface area contributed by atoms with E-state index in [0.717, 1.165) is 11.4 Å². The highest BCUT2D eigenvalue weighted by atomic mass is 35.5. The van der Waals surface area contributed by atoms with Gasteiger partial charge >= 0.3 is 5.97 Å². The lowest BCUT2D eigenvalue weighted by Gasteiger charge is -2.11. The van der Waals surface area contributed by atoms with Gasteiger partial charge in [0.15, 0.2) is 11.3 Å². The second-order valence-corrected chi connectivity index (χ2v) is 7.05. The Balaban J connectivity index is 2.38. The van der Waals surface area contributed by atoms with Gasteiger partial charge in [-0.2, -0.15) is 5.10 Å². The highest BCUT2D eigenvalue weighted by Gasteiger charge is 2.23. The molecule has 0 atom stereocenters. The molecule has 2 aromatic heterocycles. The molecule has 0 aliphatic carbocycles. The number of carbonyl (C=O) groups excluding carboxylic acids is 1. The van der Waals surface area contributed by atoms with Gasteiger partial charge in [0.1, 0.15) is 0 Å². The largest absolute Gasteiger partial charge is 0.461 e. The predicted octanol–water partition coefficient (Wildman–Crippen LogP) is 5.31. The summed E-state index contributed by atoms with van der Waals surface area (Å²) < 4.78 is 6.88. The summed E-state index contributed by atoms with van der Waals surface area (Å²) >= 11 is 12.8. The summed E-state index contributed by atoms with van der Waals surface area (Å²) in [6, 6.07) is 7.04. The zero-order valence-electron chi connectivity index (χ0n) is 15.0. The van der Waals surface area contributed by atoms with Crippen LogP contribution in [0.3, 0.4) is 0 Å². The minimum Gasteiger partial charge on any atom is -0.461 e. The molecule has 0 unspecified atom stereocenters. The summed E-state index contributed by atoms with van der Waals surface area (Å²) in [7, 11) is 0. The molecule has 136 valence electrons. The highest BCUT2D eigenvalue weighted by molar-refractivity contribution is 6.39. The van der Waals surface area contributed by atoms with Crippen LogP contribution in [-0.2, 0) is 4.74 Å². The summed E-state index contributed by atoms with van der Waals surface area (Å²) in [5, 5.41) is 5.63. The number of halogens is 2. The predicted molar refractivity (Wildman–Crippen MR) is 103 cm³/mol. The van der Waals surface area contributed by atoms with Gasteiger partial charge in [0.05, 0.1) is 27.9 Å². The molecule has 3 rings (SSSR count). The van der Waals surface area contributed by atoms with E-state index in [9.17, 15) is 4.79 Å². The standard InChI is InChI=1S/C19H19Cl2N3O2/c1-5-26-19(25)14-9-15(10(2)3)24-18(22-14)16(11(4)23-24)17-12(20)7-6-8-13(17)21/h6-10H,5H2,1-4H3. The third-order valence-corrected chi connectivity index (χ3v) is 4.71. The van der Waals surface area contributed by atoms with Crippen molar-refractivity contribution < 1.29 is 9.53 Å². The van der Waals surface area contributed by atoms with Gasteiger partial charge in [-0.05, 0) is 38.0 Å². The zero-order valence-corrected chi connectivity index (χ0v) is 16.5. The Labute approximate surface area is 161 Å². The van der Waals surface area contributed by atoms with Crippen LogP contribution in [0, 0.1) is 6.92 Å². The van der Waals surface area contributed by atoms with Crippen molar-refractivity contribution in [1.82, 2.24) is 14.6 Å². The molecule has 0 radical (unpaired) electrons. The Morgan fingerprint density at radius 3 is 2.46 bits per heavy atom. The van der Waals surface area contributed by atoms with Crippen molar-refractivity contribution in [3.8, 4) is 11.1 Å². The molecule has 0 N–H and O–H groups in total. The molecular formula is C19H19Cl2N3O2. The van der Waals surface area contributed by atoms with Crippen molar-refractivity contribution in [2.24, 2.45) is 0 Å². The summed E-state index contributed by atoms with van der Waals surface area (Å²) in [5.74, 6) is -0.338. The van der Waals surface area contributed by atoms with Crippen molar-refractivity contribution in [3.63, 3.8) is 0 Å². The van der Waals surface area contributed by atoms with Gasteiger partial charge in [-0.25, -0.2) is 14.3 Å². The first kappa shape index (κ1) is 18.7. The number of benzene rings is 1. The van der Waals surface area contributed by atoms with E-state index in [-0.39, 0.29) is 18.2 Å². The number of aryl methyl sites for hydroxylation is 1. The Hall–Kier alpha value is -2.11. The first-order valence-corrected chi connectivity index (χ1v) is 9.12. The maximum Gasteiger partial charge on any atom is 0.357 e. The van der Waals surface area contributed by atoms with E-state index < -0.39 is 5.97 Å². The van der Waals surface area contributed by atoms with Gasteiger partial charge in [0.2, 0.25) is 0 Å². The highest BCUT2D eigenvalue weighted by Crippen LogP contribution is 2.39. The number of rotatable bonds is 4. The first-order valence-electron chi connectivity index (χ1n) is 8.36. The zero-order chi connectivity index (χ0) is 19.0. The number of ether oxygens (including phenoxy) is 1. The number of aromatic nitrogens is 3. The van der Waals surface area contributed by atoms with Crippen LogP contribution in [0.2, 0.25) is 10.0 Å². The number of hydrogen-bond donors (Lipinski definition) is 0. The van der Waals surface area contributed by atoms with E-state index in [2.05, 4.69) is 10.1 Å². The molecule has 0 bridgehead atoms. The van der Waals surface area contributed by atoms with Crippen molar-refractivity contribution in [1.29, 1.82) is 0 Å². The monoisotopic (exact) mass is 391 g/mol. The number of fused-ring (bicyclic) bond motifs is 1. The minimum absolute atomic E-state index is 0.127. The second kappa shape index (κ2) is 7.25. The van der Waals surface area contributed by atoms with Gasteiger partial charge in [0.25, 0.3) is 0 Å². The lowest BCUT2D eigenvalue weighted by Crippen LogP contribution is -2.12. The molecule has 0 fully saturated rings. The Morgan fingerprint density at radius 2 is 1.88 bits per heavy atom. The van der Waals surface area contributed by atoms with Gasteiger partial charge in [-0.3, -0.25) is 0 Å². The van der Waals surface area contributed by atoms with E-state index in [0.29, 0.717) is 26.8 Å². The smallest absolute Gasteiger partial charge is 0.357 e. The van der Waals surface area contributed by atoms with Crippen LogP contribution >= 0.6 is 23.2 Å². The molecule has 1 aromatic carbocycles. The van der Waals surface area contributed by atoms with E-state index in [1.54, 1.807) is 35.7 Å². The van der Waals surface area contributed by atoms with E-state index >= 15 is 0 Å². The molecule has 0 spiro atoms. The van der Waals surface area contributed by atoms with E-state index in [1.165, 1.54) is 0 Å². The lowest BCUT2D eigenvalue weighted by atomic mass is 10.1. The van der Waals surface area contributed by atoms with Crippen LogP contribution < -0.4 is 0 Å². The Morgan fingerprint density at radius 1 is 1.23 bits per heavy atom. The van der Waals surface area contributed by atoms with Crippen LogP contribution in [0.15, 0.2) is 24.3 Å². The summed E-state index contributed by atoms with van der Waals surface area (Å²) in [4.78, 5) is 16.8. The lowest BCUT2D eigenvalue weighted by molar-refractivity contribution is 0.0519. The number of nitrogens with zero attached hydrogens (tertiary/aromatic N) is 3. The molecule has 3 aromatic rings. The molecule has 7 heteroatoms.